The first-order valence-corrected chi connectivity index (χ1v) is 7.53. The Balaban J connectivity index is 2.65. The lowest BCUT2D eigenvalue weighted by Crippen LogP contribution is -2.28. The number of halogens is 4. The summed E-state index contributed by atoms with van der Waals surface area (Å²) in [6.07, 6.45) is 0.933. The number of nitrogens with zero attached hydrogens (tertiary/aromatic N) is 1. The van der Waals surface area contributed by atoms with Crippen molar-refractivity contribution in [2.24, 2.45) is 0 Å². The van der Waals surface area contributed by atoms with E-state index in [1.165, 1.54) is 12.1 Å². The smallest absolute Gasteiger partial charge is 0.465 e. The van der Waals surface area contributed by atoms with Crippen LogP contribution < -0.4 is 4.18 Å². The standard InChI is InChI=1S/C12H7ClF3NO5S/c1-21-11(18)6-2-3-7-8(4-6)10(17-5-9(7)13)22-23(19,20)12(14,15)16/h2-5H,1H3. The van der Waals surface area contributed by atoms with Gasteiger partial charge >= 0.3 is 21.6 Å². The Kier molecular flexibility index (Phi) is 4.40. The molecule has 0 aliphatic rings. The number of aromatic nitrogens is 1. The predicted molar refractivity (Wildman–Crippen MR) is 73.7 cm³/mol. The van der Waals surface area contributed by atoms with Gasteiger partial charge in [0.2, 0.25) is 5.88 Å². The number of pyridine rings is 1. The summed E-state index contributed by atoms with van der Waals surface area (Å²) in [5, 5.41) is 0.00286. The minimum atomic E-state index is -5.92. The molecule has 0 saturated heterocycles. The summed E-state index contributed by atoms with van der Waals surface area (Å²) in [4.78, 5) is 14.9. The average molecular weight is 370 g/mol. The molecule has 0 N–H and O–H groups in total. The van der Waals surface area contributed by atoms with Crippen LogP contribution in [0.1, 0.15) is 10.4 Å². The first kappa shape index (κ1) is 17.3. The van der Waals surface area contributed by atoms with Crippen molar-refractivity contribution < 1.29 is 35.3 Å². The zero-order chi connectivity index (χ0) is 17.4. The molecule has 0 bridgehead atoms. The first-order chi connectivity index (χ1) is 10.6. The maximum atomic E-state index is 12.4. The highest BCUT2D eigenvalue weighted by atomic mass is 35.5. The van der Waals surface area contributed by atoms with Gasteiger partial charge in [-0.15, -0.1) is 0 Å². The van der Waals surface area contributed by atoms with Crippen molar-refractivity contribution in [3.8, 4) is 5.88 Å². The van der Waals surface area contributed by atoms with E-state index in [9.17, 15) is 26.4 Å². The van der Waals surface area contributed by atoms with Gasteiger partial charge in [0.25, 0.3) is 0 Å². The molecule has 2 rings (SSSR count). The van der Waals surface area contributed by atoms with Crippen LogP contribution in [0.2, 0.25) is 5.02 Å². The third kappa shape index (κ3) is 3.32. The lowest BCUT2D eigenvalue weighted by Gasteiger charge is -2.11. The summed E-state index contributed by atoms with van der Waals surface area (Å²) < 4.78 is 68.0. The highest BCUT2D eigenvalue weighted by molar-refractivity contribution is 7.88. The summed E-state index contributed by atoms with van der Waals surface area (Å²) in [6, 6.07) is 3.68. The monoisotopic (exact) mass is 369 g/mol. The molecule has 23 heavy (non-hydrogen) atoms. The number of carbonyl (C=O) groups is 1. The molecule has 0 amide bonds. The molecule has 0 unspecified atom stereocenters. The molecular weight excluding hydrogens is 363 g/mol. The summed E-state index contributed by atoms with van der Waals surface area (Å²) in [5.41, 5.74) is -5.67. The number of ether oxygens (including phenoxy) is 1. The van der Waals surface area contributed by atoms with Crippen LogP contribution in [0.4, 0.5) is 13.2 Å². The fourth-order valence-corrected chi connectivity index (χ4v) is 2.29. The molecule has 1 heterocycles. The van der Waals surface area contributed by atoms with Gasteiger partial charge in [-0.3, -0.25) is 0 Å². The van der Waals surface area contributed by atoms with Gasteiger partial charge in [-0.25, -0.2) is 9.78 Å². The van der Waals surface area contributed by atoms with E-state index in [-0.39, 0.29) is 21.4 Å². The van der Waals surface area contributed by atoms with Crippen molar-refractivity contribution in [1.82, 2.24) is 4.98 Å². The Morgan fingerprint density at radius 1 is 1.26 bits per heavy atom. The van der Waals surface area contributed by atoms with Gasteiger partial charge in [0, 0.05) is 10.8 Å². The molecule has 0 aliphatic heterocycles. The lowest BCUT2D eigenvalue weighted by atomic mass is 10.1. The third-order valence-electron chi connectivity index (χ3n) is 2.70. The van der Waals surface area contributed by atoms with Crippen molar-refractivity contribution in [2.75, 3.05) is 7.11 Å². The number of methoxy groups -OCH3 is 1. The maximum absolute atomic E-state index is 12.4. The molecule has 1 aromatic carbocycles. The van der Waals surface area contributed by atoms with Gasteiger partial charge in [-0.2, -0.15) is 21.6 Å². The zero-order valence-electron chi connectivity index (χ0n) is 11.2. The SMILES string of the molecule is COC(=O)c1ccc2c(Cl)cnc(OS(=O)(=O)C(F)(F)F)c2c1. The Morgan fingerprint density at radius 2 is 1.91 bits per heavy atom. The molecule has 11 heteroatoms. The quantitative estimate of drug-likeness (QED) is 0.470. The number of fused-ring (bicyclic) bond motifs is 1. The zero-order valence-corrected chi connectivity index (χ0v) is 12.8. The number of esters is 1. The van der Waals surface area contributed by atoms with Crippen LogP contribution in [0.3, 0.4) is 0 Å². The van der Waals surface area contributed by atoms with Gasteiger partial charge in [0.05, 0.1) is 23.9 Å². The normalized spacial score (nSPS) is 12.2. The minimum absolute atomic E-state index is 0.0353. The molecule has 0 atom stereocenters. The van der Waals surface area contributed by atoms with E-state index in [1.54, 1.807) is 0 Å². The number of carbonyl (C=O) groups excluding carboxylic acids is 1. The molecule has 0 aliphatic carbocycles. The highest BCUT2D eigenvalue weighted by Gasteiger charge is 2.49. The van der Waals surface area contributed by atoms with E-state index in [0.29, 0.717) is 0 Å². The van der Waals surface area contributed by atoms with Gasteiger partial charge in [-0.05, 0) is 12.1 Å². The van der Waals surface area contributed by atoms with Gasteiger partial charge < -0.3 is 8.92 Å². The van der Waals surface area contributed by atoms with Crippen molar-refractivity contribution in [3.05, 3.63) is 35.0 Å². The molecule has 124 valence electrons. The third-order valence-corrected chi connectivity index (χ3v) is 3.94. The topological polar surface area (TPSA) is 82.6 Å². The Labute approximate surface area is 132 Å². The van der Waals surface area contributed by atoms with Crippen LogP contribution in [0, 0.1) is 0 Å². The molecular formula is C12H7ClF3NO5S. The number of alkyl halides is 3. The van der Waals surface area contributed by atoms with E-state index in [1.807, 2.05) is 0 Å². The molecule has 0 saturated carbocycles. The van der Waals surface area contributed by atoms with Crippen molar-refractivity contribution in [3.63, 3.8) is 0 Å². The summed E-state index contributed by atoms with van der Waals surface area (Å²) in [7, 11) is -4.81. The second-order valence-corrected chi connectivity index (χ2v) is 6.09. The van der Waals surface area contributed by atoms with Gasteiger partial charge in [0.15, 0.2) is 0 Å². The molecule has 0 fully saturated rings. The van der Waals surface area contributed by atoms with E-state index >= 15 is 0 Å². The van der Waals surface area contributed by atoms with E-state index < -0.39 is 27.5 Å². The molecule has 6 nitrogen and oxygen atoms in total. The van der Waals surface area contributed by atoms with Crippen molar-refractivity contribution in [2.45, 2.75) is 5.51 Å². The Morgan fingerprint density at radius 3 is 2.48 bits per heavy atom. The molecule has 1 aromatic heterocycles. The number of hydrogen-bond acceptors (Lipinski definition) is 6. The van der Waals surface area contributed by atoms with Crippen LogP contribution in [0.5, 0.6) is 5.88 Å². The predicted octanol–water partition coefficient (Wildman–Crippen LogP) is 2.90. The maximum Gasteiger partial charge on any atom is 0.534 e. The summed E-state index contributed by atoms with van der Waals surface area (Å²) >= 11 is 5.85. The Bertz CT molecular complexity index is 882. The number of hydrogen-bond donors (Lipinski definition) is 0. The largest absolute Gasteiger partial charge is 0.534 e. The number of rotatable bonds is 3. The number of benzene rings is 1. The average Bonchev–Trinajstić information content (AvgIpc) is 2.47. The summed E-state index contributed by atoms with van der Waals surface area (Å²) in [5.74, 6) is -1.64. The first-order valence-electron chi connectivity index (χ1n) is 5.74. The second-order valence-electron chi connectivity index (χ2n) is 4.15. The van der Waals surface area contributed by atoms with Crippen LogP contribution in [0.15, 0.2) is 24.4 Å². The summed E-state index contributed by atoms with van der Waals surface area (Å²) in [6.45, 7) is 0. The van der Waals surface area contributed by atoms with Crippen molar-refractivity contribution >= 4 is 38.5 Å². The van der Waals surface area contributed by atoms with Crippen LogP contribution in [-0.4, -0.2) is 32.0 Å². The van der Waals surface area contributed by atoms with Crippen LogP contribution >= 0.6 is 11.6 Å². The van der Waals surface area contributed by atoms with E-state index in [4.69, 9.17) is 11.6 Å². The fraction of sp³-hybridized carbons (Fsp3) is 0.167. The van der Waals surface area contributed by atoms with Crippen molar-refractivity contribution in [1.29, 1.82) is 0 Å². The molecule has 0 radical (unpaired) electrons. The van der Waals surface area contributed by atoms with E-state index in [0.717, 1.165) is 19.4 Å². The van der Waals surface area contributed by atoms with Crippen LogP contribution in [0.25, 0.3) is 10.8 Å². The minimum Gasteiger partial charge on any atom is -0.465 e. The fourth-order valence-electron chi connectivity index (χ4n) is 1.65. The Hall–Kier alpha value is -2.07. The van der Waals surface area contributed by atoms with Gasteiger partial charge in [0.1, 0.15) is 0 Å². The highest BCUT2D eigenvalue weighted by Crippen LogP contribution is 2.33. The van der Waals surface area contributed by atoms with Gasteiger partial charge in [-0.1, -0.05) is 17.7 Å². The molecule has 2 aromatic rings. The van der Waals surface area contributed by atoms with Crippen LogP contribution in [-0.2, 0) is 14.9 Å². The van der Waals surface area contributed by atoms with E-state index in [2.05, 4.69) is 13.9 Å². The molecule has 0 spiro atoms. The second kappa shape index (κ2) is 5.85. The lowest BCUT2D eigenvalue weighted by molar-refractivity contribution is -0.0500.